The predicted octanol–water partition coefficient (Wildman–Crippen LogP) is 2.29. The van der Waals surface area contributed by atoms with Crippen molar-refractivity contribution in [2.24, 2.45) is 0 Å². The first-order valence-electron chi connectivity index (χ1n) is 4.62. The molecule has 0 aliphatic heterocycles. The van der Waals surface area contributed by atoms with Crippen molar-refractivity contribution in [1.29, 1.82) is 0 Å². The molecule has 0 fully saturated rings. The highest BCUT2D eigenvalue weighted by molar-refractivity contribution is 8.00. The molecule has 0 atom stereocenters. The van der Waals surface area contributed by atoms with E-state index in [-0.39, 0.29) is 4.75 Å². The zero-order chi connectivity index (χ0) is 11.2. The fraction of sp³-hybridized carbons (Fsp3) is 0.889. The second kappa shape index (κ2) is 6.22. The second-order valence-electron chi connectivity index (χ2n) is 3.11. The Morgan fingerprint density at radius 1 is 1.43 bits per heavy atom. The van der Waals surface area contributed by atoms with Crippen LogP contribution in [-0.2, 0) is 4.79 Å². The van der Waals surface area contributed by atoms with E-state index in [0.29, 0.717) is 6.54 Å². The number of carbonyl (C=O) groups excluding carboxylic acids is 1. The average Bonchev–Trinajstić information content (AvgIpc) is 2.20. The maximum absolute atomic E-state index is 11.9. The lowest BCUT2D eigenvalue weighted by molar-refractivity contribution is -0.131. The third-order valence-corrected chi connectivity index (χ3v) is 4.09. The average molecular weight is 225 g/mol. The number of carbonyl (C=O) groups is 1. The van der Waals surface area contributed by atoms with Crippen molar-refractivity contribution in [1.82, 2.24) is 5.32 Å². The molecule has 0 unspecified atom stereocenters. The Morgan fingerprint density at radius 2 is 1.93 bits per heavy atom. The van der Waals surface area contributed by atoms with E-state index >= 15 is 0 Å². The Morgan fingerprint density at radius 3 is 2.21 bits per heavy atom. The summed E-state index contributed by atoms with van der Waals surface area (Å²) in [5, 5.41) is 2.27. The molecule has 0 spiro atoms. The van der Waals surface area contributed by atoms with E-state index < -0.39 is 12.3 Å². The molecule has 0 aromatic heterocycles. The fourth-order valence-electron chi connectivity index (χ4n) is 1.19. The quantitative estimate of drug-likeness (QED) is 0.751. The molecule has 0 bridgehead atoms. The molecule has 0 aliphatic carbocycles. The topological polar surface area (TPSA) is 29.1 Å². The molecule has 1 N–H and O–H groups in total. The number of alkyl halides is 2. The van der Waals surface area contributed by atoms with Crippen LogP contribution in [0.5, 0.6) is 0 Å². The highest BCUT2D eigenvalue weighted by Crippen LogP contribution is 2.29. The van der Waals surface area contributed by atoms with Gasteiger partial charge in [0.15, 0.2) is 0 Å². The molecule has 0 aliphatic rings. The molecule has 0 heterocycles. The molecule has 2 nitrogen and oxygen atoms in total. The van der Waals surface area contributed by atoms with Crippen molar-refractivity contribution in [2.75, 3.05) is 12.8 Å². The SMILES string of the molecule is CCC(CC)(CNC(=O)C(F)F)SC. The summed E-state index contributed by atoms with van der Waals surface area (Å²) < 4.78 is 23.7. The first-order valence-corrected chi connectivity index (χ1v) is 5.84. The number of amides is 1. The second-order valence-corrected chi connectivity index (χ2v) is 4.39. The Bertz CT molecular complexity index is 175. The highest BCUT2D eigenvalue weighted by atomic mass is 32.2. The molecule has 14 heavy (non-hydrogen) atoms. The minimum Gasteiger partial charge on any atom is -0.350 e. The van der Waals surface area contributed by atoms with Crippen molar-refractivity contribution >= 4 is 17.7 Å². The van der Waals surface area contributed by atoms with Crippen LogP contribution < -0.4 is 5.32 Å². The van der Waals surface area contributed by atoms with E-state index in [0.717, 1.165) is 12.8 Å². The molecule has 0 saturated carbocycles. The number of hydrogen-bond acceptors (Lipinski definition) is 2. The zero-order valence-corrected chi connectivity index (χ0v) is 9.59. The van der Waals surface area contributed by atoms with Gasteiger partial charge in [-0.1, -0.05) is 13.8 Å². The number of nitrogens with one attached hydrogen (secondary N) is 1. The Balaban J connectivity index is 4.12. The first kappa shape index (κ1) is 13.7. The molecule has 0 saturated heterocycles. The summed E-state index contributed by atoms with van der Waals surface area (Å²) in [4.78, 5) is 10.7. The number of hydrogen-bond donors (Lipinski definition) is 1. The summed E-state index contributed by atoms with van der Waals surface area (Å²) in [7, 11) is 0. The Hall–Kier alpha value is -0.320. The van der Waals surface area contributed by atoms with Crippen LogP contribution in [-0.4, -0.2) is 29.9 Å². The van der Waals surface area contributed by atoms with E-state index in [1.807, 2.05) is 20.1 Å². The Labute approximate surface area is 87.8 Å². The van der Waals surface area contributed by atoms with Gasteiger partial charge in [-0.05, 0) is 19.1 Å². The van der Waals surface area contributed by atoms with Crippen LogP contribution in [0.15, 0.2) is 0 Å². The largest absolute Gasteiger partial charge is 0.350 e. The van der Waals surface area contributed by atoms with Gasteiger partial charge in [-0.25, -0.2) is 0 Å². The Kier molecular flexibility index (Phi) is 6.08. The molecular weight excluding hydrogens is 208 g/mol. The summed E-state index contributed by atoms with van der Waals surface area (Å²) in [6, 6.07) is 0. The van der Waals surface area contributed by atoms with Crippen molar-refractivity contribution in [3.63, 3.8) is 0 Å². The van der Waals surface area contributed by atoms with E-state index in [9.17, 15) is 13.6 Å². The van der Waals surface area contributed by atoms with Gasteiger partial charge in [-0.15, -0.1) is 0 Å². The van der Waals surface area contributed by atoms with Gasteiger partial charge in [0.2, 0.25) is 0 Å². The van der Waals surface area contributed by atoms with Gasteiger partial charge in [-0.3, -0.25) is 4.79 Å². The standard InChI is InChI=1S/C9H17F2NOS/c1-4-9(5-2,14-3)6-12-8(13)7(10)11/h7H,4-6H2,1-3H3,(H,12,13). The third kappa shape index (κ3) is 3.82. The van der Waals surface area contributed by atoms with E-state index in [4.69, 9.17) is 0 Å². The lowest BCUT2D eigenvalue weighted by Gasteiger charge is -2.29. The van der Waals surface area contributed by atoms with Crippen LogP contribution in [0.3, 0.4) is 0 Å². The molecule has 1 amide bonds. The highest BCUT2D eigenvalue weighted by Gasteiger charge is 2.26. The first-order chi connectivity index (χ1) is 6.51. The molecular formula is C9H17F2NOS. The van der Waals surface area contributed by atoms with Gasteiger partial charge in [0.1, 0.15) is 0 Å². The number of halogens is 2. The van der Waals surface area contributed by atoms with Gasteiger partial charge < -0.3 is 5.32 Å². The smallest absolute Gasteiger partial charge is 0.315 e. The van der Waals surface area contributed by atoms with Crippen LogP contribution in [0.25, 0.3) is 0 Å². The van der Waals surface area contributed by atoms with Crippen molar-refractivity contribution in [3.8, 4) is 0 Å². The molecule has 0 rings (SSSR count). The van der Waals surface area contributed by atoms with E-state index in [1.165, 1.54) is 0 Å². The molecule has 84 valence electrons. The normalized spacial score (nSPS) is 11.9. The van der Waals surface area contributed by atoms with Crippen molar-refractivity contribution in [3.05, 3.63) is 0 Å². The van der Waals surface area contributed by atoms with Gasteiger partial charge in [0.25, 0.3) is 5.91 Å². The van der Waals surface area contributed by atoms with E-state index in [2.05, 4.69) is 5.32 Å². The molecule has 0 aromatic carbocycles. The van der Waals surface area contributed by atoms with Gasteiger partial charge in [0, 0.05) is 11.3 Å². The molecule has 5 heteroatoms. The monoisotopic (exact) mass is 225 g/mol. The summed E-state index contributed by atoms with van der Waals surface area (Å²) in [6.45, 7) is 4.30. The van der Waals surface area contributed by atoms with Crippen LogP contribution in [0, 0.1) is 0 Å². The van der Waals surface area contributed by atoms with Crippen LogP contribution in [0.4, 0.5) is 8.78 Å². The third-order valence-electron chi connectivity index (χ3n) is 2.50. The number of rotatable bonds is 6. The van der Waals surface area contributed by atoms with Gasteiger partial charge in [-0.2, -0.15) is 20.5 Å². The summed E-state index contributed by atoms with van der Waals surface area (Å²) in [5.74, 6) is -1.18. The predicted molar refractivity (Wildman–Crippen MR) is 55.8 cm³/mol. The summed E-state index contributed by atoms with van der Waals surface area (Å²) in [5.41, 5.74) is 0. The number of thioether (sulfide) groups is 1. The minimum absolute atomic E-state index is 0.107. The summed E-state index contributed by atoms with van der Waals surface area (Å²) >= 11 is 1.61. The van der Waals surface area contributed by atoms with Crippen molar-refractivity contribution < 1.29 is 13.6 Å². The van der Waals surface area contributed by atoms with Crippen LogP contribution in [0.1, 0.15) is 26.7 Å². The lowest BCUT2D eigenvalue weighted by atomic mass is 10.0. The van der Waals surface area contributed by atoms with Crippen molar-refractivity contribution in [2.45, 2.75) is 37.9 Å². The zero-order valence-electron chi connectivity index (χ0n) is 8.77. The van der Waals surface area contributed by atoms with Gasteiger partial charge in [0.05, 0.1) is 0 Å². The van der Waals surface area contributed by atoms with Crippen LogP contribution in [0.2, 0.25) is 0 Å². The lowest BCUT2D eigenvalue weighted by Crippen LogP contribution is -2.41. The van der Waals surface area contributed by atoms with Gasteiger partial charge >= 0.3 is 6.43 Å². The maximum Gasteiger partial charge on any atom is 0.315 e. The molecule has 0 aromatic rings. The van der Waals surface area contributed by atoms with Crippen LogP contribution >= 0.6 is 11.8 Å². The van der Waals surface area contributed by atoms with E-state index in [1.54, 1.807) is 11.8 Å². The summed E-state index contributed by atoms with van der Waals surface area (Å²) in [6.07, 6.45) is 0.729. The maximum atomic E-state index is 11.9. The fourth-order valence-corrected chi connectivity index (χ4v) is 1.98. The molecule has 0 radical (unpaired) electrons. The minimum atomic E-state index is -2.91.